The highest BCUT2D eigenvalue weighted by Gasteiger charge is 2.05. The van der Waals surface area contributed by atoms with Crippen LogP contribution in [0.15, 0.2) is 58.1 Å². The van der Waals surface area contributed by atoms with Gasteiger partial charge in [-0.2, -0.15) is 0 Å². The molecule has 0 fully saturated rings. The summed E-state index contributed by atoms with van der Waals surface area (Å²) < 4.78 is 2.59. The van der Waals surface area contributed by atoms with Crippen LogP contribution in [-0.4, -0.2) is 9.55 Å². The van der Waals surface area contributed by atoms with Crippen molar-refractivity contribution in [2.24, 2.45) is 7.05 Å². The zero-order valence-electron chi connectivity index (χ0n) is 11.5. The number of hydrogen-bond acceptors (Lipinski definition) is 3. The van der Waals surface area contributed by atoms with Crippen molar-refractivity contribution < 1.29 is 0 Å². The number of aryl methyl sites for hydroxylation is 1. The van der Waals surface area contributed by atoms with E-state index in [1.165, 1.54) is 0 Å². The molecular formula is C16H14BrN3O. The van der Waals surface area contributed by atoms with Crippen LogP contribution < -0.4 is 10.9 Å². The Morgan fingerprint density at radius 2 is 2.10 bits per heavy atom. The van der Waals surface area contributed by atoms with Crippen LogP contribution in [0, 0.1) is 0 Å². The summed E-state index contributed by atoms with van der Waals surface area (Å²) >= 11 is 3.55. The molecule has 0 radical (unpaired) electrons. The molecule has 0 bridgehead atoms. The lowest BCUT2D eigenvalue weighted by Gasteiger charge is -2.10. The molecule has 3 rings (SSSR count). The molecule has 2 aromatic heterocycles. The van der Waals surface area contributed by atoms with Crippen LogP contribution in [0.2, 0.25) is 0 Å². The maximum Gasteiger partial charge on any atom is 0.250 e. The van der Waals surface area contributed by atoms with Gasteiger partial charge < -0.3 is 9.88 Å². The molecule has 5 heteroatoms. The van der Waals surface area contributed by atoms with Crippen molar-refractivity contribution in [2.45, 2.75) is 6.54 Å². The second-order valence-electron chi connectivity index (χ2n) is 4.83. The van der Waals surface area contributed by atoms with Crippen molar-refractivity contribution in [3.05, 3.63) is 69.2 Å². The molecule has 0 aliphatic carbocycles. The summed E-state index contributed by atoms with van der Waals surface area (Å²) in [5.74, 6) is 0. The van der Waals surface area contributed by atoms with Gasteiger partial charge >= 0.3 is 0 Å². The topological polar surface area (TPSA) is 46.9 Å². The van der Waals surface area contributed by atoms with E-state index in [0.717, 1.165) is 26.6 Å². The summed E-state index contributed by atoms with van der Waals surface area (Å²) in [5, 5.41) is 4.42. The number of anilines is 1. The fourth-order valence-electron chi connectivity index (χ4n) is 2.23. The summed E-state index contributed by atoms with van der Waals surface area (Å²) in [4.78, 5) is 15.8. The van der Waals surface area contributed by atoms with Gasteiger partial charge in [0.25, 0.3) is 0 Å². The van der Waals surface area contributed by atoms with Crippen molar-refractivity contribution in [1.82, 2.24) is 9.55 Å². The van der Waals surface area contributed by atoms with E-state index in [1.54, 1.807) is 36.1 Å². The molecule has 4 nitrogen and oxygen atoms in total. The van der Waals surface area contributed by atoms with Gasteiger partial charge in [-0.05, 0) is 23.8 Å². The summed E-state index contributed by atoms with van der Waals surface area (Å²) in [7, 11) is 1.74. The number of nitrogens with one attached hydrogen (secondary N) is 1. The Hall–Kier alpha value is -2.14. The van der Waals surface area contributed by atoms with Crippen LogP contribution in [-0.2, 0) is 13.6 Å². The first-order valence-electron chi connectivity index (χ1n) is 6.58. The van der Waals surface area contributed by atoms with E-state index in [2.05, 4.69) is 26.2 Å². The van der Waals surface area contributed by atoms with E-state index < -0.39 is 0 Å². The average Bonchev–Trinajstić information content (AvgIpc) is 2.50. The molecule has 0 saturated heterocycles. The largest absolute Gasteiger partial charge is 0.380 e. The second kappa shape index (κ2) is 5.69. The van der Waals surface area contributed by atoms with E-state index in [-0.39, 0.29) is 5.56 Å². The van der Waals surface area contributed by atoms with Gasteiger partial charge in [0, 0.05) is 41.9 Å². The fraction of sp³-hybridized carbons (Fsp3) is 0.125. The molecule has 106 valence electrons. The van der Waals surface area contributed by atoms with E-state index in [0.29, 0.717) is 6.54 Å². The smallest absolute Gasteiger partial charge is 0.250 e. The number of halogens is 1. The third-order valence-electron chi connectivity index (χ3n) is 3.37. The first kappa shape index (κ1) is 13.8. The zero-order chi connectivity index (χ0) is 14.8. The van der Waals surface area contributed by atoms with Crippen LogP contribution >= 0.6 is 15.9 Å². The Morgan fingerprint density at radius 3 is 2.90 bits per heavy atom. The van der Waals surface area contributed by atoms with Crippen molar-refractivity contribution in [1.29, 1.82) is 0 Å². The van der Waals surface area contributed by atoms with Gasteiger partial charge in [-0.1, -0.05) is 28.1 Å². The number of fused-ring (bicyclic) bond motifs is 1. The highest BCUT2D eigenvalue weighted by atomic mass is 79.9. The summed E-state index contributed by atoms with van der Waals surface area (Å²) in [6, 6.07) is 11.4. The van der Waals surface area contributed by atoms with Crippen molar-refractivity contribution >= 4 is 32.5 Å². The Morgan fingerprint density at radius 1 is 1.24 bits per heavy atom. The number of nitrogens with zero attached hydrogens (tertiary/aromatic N) is 2. The average molecular weight is 344 g/mol. The van der Waals surface area contributed by atoms with Crippen molar-refractivity contribution in [3.63, 3.8) is 0 Å². The van der Waals surface area contributed by atoms with Gasteiger partial charge in [-0.15, -0.1) is 0 Å². The summed E-state index contributed by atoms with van der Waals surface area (Å²) in [6.45, 7) is 0.652. The Bertz CT molecular complexity index is 858. The molecule has 0 aliphatic rings. The Kier molecular flexibility index (Phi) is 3.75. The van der Waals surface area contributed by atoms with Gasteiger partial charge in [0.05, 0.1) is 11.2 Å². The second-order valence-corrected chi connectivity index (χ2v) is 5.68. The molecule has 3 aromatic rings. The Labute approximate surface area is 130 Å². The molecular weight excluding hydrogens is 330 g/mol. The third-order valence-corrected chi connectivity index (χ3v) is 4.06. The highest BCUT2D eigenvalue weighted by molar-refractivity contribution is 9.10. The number of rotatable bonds is 3. The van der Waals surface area contributed by atoms with Gasteiger partial charge in [0.15, 0.2) is 0 Å². The first-order chi connectivity index (χ1) is 10.1. The van der Waals surface area contributed by atoms with Crippen LogP contribution in [0.5, 0.6) is 0 Å². The number of hydrogen-bond donors (Lipinski definition) is 1. The maximum absolute atomic E-state index is 11.4. The number of benzene rings is 1. The van der Waals surface area contributed by atoms with Gasteiger partial charge in [0.1, 0.15) is 0 Å². The van der Waals surface area contributed by atoms with Crippen molar-refractivity contribution in [2.75, 3.05) is 5.32 Å². The number of aromatic nitrogens is 2. The van der Waals surface area contributed by atoms with Crippen LogP contribution in [0.3, 0.4) is 0 Å². The fourth-order valence-corrected chi connectivity index (χ4v) is 2.69. The molecule has 21 heavy (non-hydrogen) atoms. The molecule has 2 heterocycles. The van der Waals surface area contributed by atoms with Gasteiger partial charge in [-0.3, -0.25) is 9.78 Å². The predicted octanol–water partition coefficient (Wildman–Crippen LogP) is 3.31. The van der Waals surface area contributed by atoms with E-state index in [9.17, 15) is 4.79 Å². The van der Waals surface area contributed by atoms with Gasteiger partial charge in [-0.25, -0.2) is 0 Å². The quantitative estimate of drug-likeness (QED) is 0.793. The zero-order valence-corrected chi connectivity index (χ0v) is 13.1. The van der Waals surface area contributed by atoms with Crippen LogP contribution in [0.4, 0.5) is 5.69 Å². The minimum absolute atomic E-state index is 0.0173. The van der Waals surface area contributed by atoms with E-state index in [1.807, 2.05) is 24.3 Å². The van der Waals surface area contributed by atoms with E-state index >= 15 is 0 Å². The lowest BCUT2D eigenvalue weighted by atomic mass is 10.1. The molecule has 0 unspecified atom stereocenters. The molecule has 0 atom stereocenters. The molecule has 1 N–H and O–H groups in total. The molecule has 0 saturated carbocycles. The molecule has 1 aromatic carbocycles. The summed E-state index contributed by atoms with van der Waals surface area (Å²) in [6.07, 6.45) is 3.58. The Balaban J connectivity index is 1.90. The monoisotopic (exact) mass is 343 g/mol. The molecule has 0 spiro atoms. The minimum atomic E-state index is -0.0173. The highest BCUT2D eigenvalue weighted by Crippen LogP contribution is 2.25. The third kappa shape index (κ3) is 2.83. The van der Waals surface area contributed by atoms with Crippen molar-refractivity contribution in [3.8, 4) is 0 Å². The first-order valence-corrected chi connectivity index (χ1v) is 7.37. The lowest BCUT2D eigenvalue weighted by molar-refractivity contribution is 0.859. The van der Waals surface area contributed by atoms with Crippen LogP contribution in [0.1, 0.15) is 5.56 Å². The predicted molar refractivity (Wildman–Crippen MR) is 88.5 cm³/mol. The molecule has 0 aliphatic heterocycles. The standard InChI is InChI=1S/C16H14BrN3O/c1-20-10-12(5-7-15(20)21)19-9-11-4-6-14(17)13-3-2-8-18-16(11)13/h2-8,10,19H,9H2,1H3. The minimum Gasteiger partial charge on any atom is -0.380 e. The van der Waals surface area contributed by atoms with Crippen LogP contribution in [0.25, 0.3) is 10.9 Å². The molecule has 0 amide bonds. The van der Waals surface area contributed by atoms with E-state index in [4.69, 9.17) is 0 Å². The maximum atomic E-state index is 11.4. The van der Waals surface area contributed by atoms with Gasteiger partial charge in [0.2, 0.25) is 5.56 Å². The normalized spacial score (nSPS) is 10.8. The summed E-state index contributed by atoms with van der Waals surface area (Å²) in [5.41, 5.74) is 2.98. The number of pyridine rings is 2. The SMILES string of the molecule is Cn1cc(NCc2ccc(Br)c3cccnc23)ccc1=O. The lowest BCUT2D eigenvalue weighted by Crippen LogP contribution is -2.15.